The van der Waals surface area contributed by atoms with Gasteiger partial charge in [-0.1, -0.05) is 13.3 Å². The fourth-order valence-corrected chi connectivity index (χ4v) is 3.61. The number of esters is 1. The average Bonchev–Trinajstić information content (AvgIpc) is 3.00. The van der Waals surface area contributed by atoms with Gasteiger partial charge in [0.15, 0.2) is 23.9 Å². The Morgan fingerprint density at radius 3 is 2.68 bits per heavy atom. The number of ketones is 1. The summed E-state index contributed by atoms with van der Waals surface area (Å²) in [5, 5.41) is 0. The summed E-state index contributed by atoms with van der Waals surface area (Å²) < 4.78 is 16.1. The maximum Gasteiger partial charge on any atom is 0.348 e. The van der Waals surface area contributed by atoms with Crippen molar-refractivity contribution in [1.82, 2.24) is 0 Å². The van der Waals surface area contributed by atoms with Gasteiger partial charge < -0.3 is 14.2 Å². The van der Waals surface area contributed by atoms with E-state index in [1.807, 2.05) is 13.0 Å². The molecule has 1 aromatic heterocycles. The fourth-order valence-electron chi connectivity index (χ4n) is 2.64. The van der Waals surface area contributed by atoms with Crippen molar-refractivity contribution >= 4 is 23.1 Å². The molecule has 0 saturated carbocycles. The number of rotatable bonds is 6. The van der Waals surface area contributed by atoms with E-state index in [2.05, 4.69) is 6.92 Å². The molecular weight excluding hydrogens is 340 g/mol. The number of Topliss-reactive ketones (excluding diaryl/α,β-unsaturated/α-hetero) is 1. The topological polar surface area (TPSA) is 61.8 Å². The second-order valence-electron chi connectivity index (χ2n) is 5.80. The summed E-state index contributed by atoms with van der Waals surface area (Å²) >= 11 is 1.41. The minimum atomic E-state index is -0.457. The molecule has 0 unspecified atom stereocenters. The average molecular weight is 360 g/mol. The standard InChI is InChI=1S/C19H20O5S/c1-3-4-13-10-18(25-12(13)2)19(21)24-11-15(20)14-5-6-16-17(9-14)23-8-7-22-16/h5-6,9-10H,3-4,7-8,11H2,1-2H3. The van der Waals surface area contributed by atoms with Gasteiger partial charge in [0.2, 0.25) is 0 Å². The molecule has 2 aromatic rings. The third-order valence-corrected chi connectivity index (χ3v) is 5.01. The normalized spacial score (nSPS) is 12.7. The summed E-state index contributed by atoms with van der Waals surface area (Å²) in [5.74, 6) is 0.438. The van der Waals surface area contributed by atoms with Crippen LogP contribution < -0.4 is 9.47 Å². The molecule has 5 nitrogen and oxygen atoms in total. The van der Waals surface area contributed by atoms with Crippen molar-refractivity contribution in [3.05, 3.63) is 45.1 Å². The van der Waals surface area contributed by atoms with E-state index in [1.54, 1.807) is 18.2 Å². The zero-order valence-electron chi connectivity index (χ0n) is 14.3. The van der Waals surface area contributed by atoms with Crippen molar-refractivity contribution in [3.63, 3.8) is 0 Å². The Morgan fingerprint density at radius 2 is 1.92 bits per heavy atom. The summed E-state index contributed by atoms with van der Waals surface area (Å²) in [4.78, 5) is 26.1. The van der Waals surface area contributed by atoms with E-state index in [0.717, 1.165) is 23.3 Å². The summed E-state index contributed by atoms with van der Waals surface area (Å²) in [6, 6.07) is 6.83. The number of fused-ring (bicyclic) bond motifs is 1. The van der Waals surface area contributed by atoms with E-state index in [1.165, 1.54) is 11.3 Å². The molecule has 0 atom stereocenters. The fraction of sp³-hybridized carbons (Fsp3) is 0.368. The molecule has 2 heterocycles. The zero-order valence-corrected chi connectivity index (χ0v) is 15.1. The van der Waals surface area contributed by atoms with E-state index in [0.29, 0.717) is 35.2 Å². The van der Waals surface area contributed by atoms with Crippen LogP contribution in [0.1, 0.15) is 43.8 Å². The van der Waals surface area contributed by atoms with Gasteiger partial charge in [0.25, 0.3) is 0 Å². The maximum absolute atomic E-state index is 12.3. The van der Waals surface area contributed by atoms with Crippen LogP contribution in [0.3, 0.4) is 0 Å². The zero-order chi connectivity index (χ0) is 17.8. The Balaban J connectivity index is 1.62. The predicted octanol–water partition coefficient (Wildman–Crippen LogP) is 3.82. The molecule has 1 aliphatic heterocycles. The van der Waals surface area contributed by atoms with E-state index >= 15 is 0 Å². The number of ether oxygens (including phenoxy) is 3. The van der Waals surface area contributed by atoms with Gasteiger partial charge in [-0.2, -0.15) is 0 Å². The molecule has 1 aliphatic rings. The molecular formula is C19H20O5S. The highest BCUT2D eigenvalue weighted by Crippen LogP contribution is 2.31. The Labute approximate surface area is 150 Å². The van der Waals surface area contributed by atoms with Crippen LogP contribution in [0.5, 0.6) is 11.5 Å². The molecule has 0 N–H and O–H groups in total. The van der Waals surface area contributed by atoms with Crippen LogP contribution in [0.2, 0.25) is 0 Å². The monoisotopic (exact) mass is 360 g/mol. The van der Waals surface area contributed by atoms with Gasteiger partial charge in [-0.05, 0) is 43.2 Å². The van der Waals surface area contributed by atoms with Crippen LogP contribution in [0.15, 0.2) is 24.3 Å². The van der Waals surface area contributed by atoms with E-state index in [9.17, 15) is 9.59 Å². The van der Waals surface area contributed by atoms with E-state index in [-0.39, 0.29) is 12.4 Å². The molecule has 0 saturated heterocycles. The van der Waals surface area contributed by atoms with Crippen LogP contribution in [0.4, 0.5) is 0 Å². The first-order chi connectivity index (χ1) is 12.1. The third-order valence-electron chi connectivity index (χ3n) is 3.94. The van der Waals surface area contributed by atoms with Crippen molar-refractivity contribution < 1.29 is 23.8 Å². The lowest BCUT2D eigenvalue weighted by molar-refractivity contribution is 0.0479. The highest BCUT2D eigenvalue weighted by atomic mass is 32.1. The molecule has 0 aliphatic carbocycles. The highest BCUT2D eigenvalue weighted by molar-refractivity contribution is 7.14. The Morgan fingerprint density at radius 1 is 1.16 bits per heavy atom. The lowest BCUT2D eigenvalue weighted by Gasteiger charge is -2.18. The number of thiophene rings is 1. The number of carbonyl (C=O) groups is 2. The van der Waals surface area contributed by atoms with Crippen molar-refractivity contribution in [3.8, 4) is 11.5 Å². The van der Waals surface area contributed by atoms with Crippen molar-refractivity contribution in [1.29, 1.82) is 0 Å². The largest absolute Gasteiger partial charge is 0.486 e. The number of hydrogen-bond acceptors (Lipinski definition) is 6. The second-order valence-corrected chi connectivity index (χ2v) is 7.06. The molecule has 0 fully saturated rings. The molecule has 25 heavy (non-hydrogen) atoms. The molecule has 132 valence electrons. The molecule has 3 rings (SSSR count). The summed E-state index contributed by atoms with van der Waals surface area (Å²) in [6.45, 7) is 4.75. The summed E-state index contributed by atoms with van der Waals surface area (Å²) in [6.07, 6.45) is 1.96. The van der Waals surface area contributed by atoms with Gasteiger partial charge in [0.05, 0.1) is 0 Å². The maximum atomic E-state index is 12.3. The number of aryl methyl sites for hydroxylation is 2. The Hall–Kier alpha value is -2.34. The van der Waals surface area contributed by atoms with Gasteiger partial charge >= 0.3 is 5.97 Å². The van der Waals surface area contributed by atoms with Gasteiger partial charge in [0.1, 0.15) is 18.1 Å². The Bertz CT molecular complexity index is 793. The predicted molar refractivity (Wildman–Crippen MR) is 95.1 cm³/mol. The molecule has 6 heteroatoms. The van der Waals surface area contributed by atoms with Crippen molar-refractivity contribution in [2.75, 3.05) is 19.8 Å². The summed E-state index contributed by atoms with van der Waals surface area (Å²) in [5.41, 5.74) is 1.60. The first kappa shape index (κ1) is 17.5. The highest BCUT2D eigenvalue weighted by Gasteiger charge is 2.18. The van der Waals surface area contributed by atoms with Crippen molar-refractivity contribution in [2.45, 2.75) is 26.7 Å². The molecule has 0 spiro atoms. The number of hydrogen-bond donors (Lipinski definition) is 0. The first-order valence-electron chi connectivity index (χ1n) is 8.27. The third kappa shape index (κ3) is 4.02. The Kier molecular flexibility index (Phi) is 5.38. The summed E-state index contributed by atoms with van der Waals surface area (Å²) in [7, 11) is 0. The number of carbonyl (C=O) groups excluding carboxylic acids is 2. The first-order valence-corrected chi connectivity index (χ1v) is 9.09. The van der Waals surface area contributed by atoms with Gasteiger partial charge in [-0.3, -0.25) is 4.79 Å². The number of benzene rings is 1. The SMILES string of the molecule is CCCc1cc(C(=O)OCC(=O)c2ccc3c(c2)OCCO3)sc1C. The van der Waals surface area contributed by atoms with Crippen LogP contribution in [-0.2, 0) is 11.2 Å². The van der Waals surface area contributed by atoms with Crippen LogP contribution in [0.25, 0.3) is 0 Å². The van der Waals surface area contributed by atoms with Crippen LogP contribution in [0, 0.1) is 6.92 Å². The molecule has 1 aromatic carbocycles. The van der Waals surface area contributed by atoms with E-state index in [4.69, 9.17) is 14.2 Å². The van der Waals surface area contributed by atoms with Crippen LogP contribution in [-0.4, -0.2) is 31.6 Å². The second kappa shape index (κ2) is 7.70. The molecule has 0 amide bonds. The van der Waals surface area contributed by atoms with E-state index < -0.39 is 5.97 Å². The van der Waals surface area contributed by atoms with Gasteiger partial charge in [-0.15, -0.1) is 11.3 Å². The molecule has 0 bridgehead atoms. The van der Waals surface area contributed by atoms with Gasteiger partial charge in [-0.25, -0.2) is 4.79 Å². The van der Waals surface area contributed by atoms with Gasteiger partial charge in [0, 0.05) is 10.4 Å². The lowest BCUT2D eigenvalue weighted by atomic mass is 10.1. The molecule has 0 radical (unpaired) electrons. The minimum Gasteiger partial charge on any atom is -0.486 e. The lowest BCUT2D eigenvalue weighted by Crippen LogP contribution is -2.17. The van der Waals surface area contributed by atoms with Crippen LogP contribution >= 0.6 is 11.3 Å². The van der Waals surface area contributed by atoms with Crippen molar-refractivity contribution in [2.24, 2.45) is 0 Å². The quantitative estimate of drug-likeness (QED) is 0.579. The smallest absolute Gasteiger partial charge is 0.348 e. The minimum absolute atomic E-state index is 0.271.